The molecular formula is C20H23N5O4. The molecule has 0 atom stereocenters. The third kappa shape index (κ3) is 3.43. The summed E-state index contributed by atoms with van der Waals surface area (Å²) in [7, 11) is 3.36. The molecule has 0 radical (unpaired) electrons. The summed E-state index contributed by atoms with van der Waals surface area (Å²) >= 11 is 0. The highest BCUT2D eigenvalue weighted by Gasteiger charge is 2.35. The first-order chi connectivity index (χ1) is 14.0. The lowest BCUT2D eigenvalue weighted by molar-refractivity contribution is 0.0638. The van der Waals surface area contributed by atoms with E-state index in [1.165, 1.54) is 11.0 Å². The van der Waals surface area contributed by atoms with Crippen LogP contribution in [0.3, 0.4) is 0 Å². The van der Waals surface area contributed by atoms with Crippen LogP contribution in [0.25, 0.3) is 0 Å². The lowest BCUT2D eigenvalue weighted by Gasteiger charge is -2.13. The van der Waals surface area contributed by atoms with Crippen molar-refractivity contribution in [3.05, 3.63) is 46.1 Å². The van der Waals surface area contributed by atoms with Crippen molar-refractivity contribution in [1.29, 1.82) is 0 Å². The van der Waals surface area contributed by atoms with Crippen molar-refractivity contribution in [2.75, 3.05) is 32.1 Å². The molecule has 2 aliphatic heterocycles. The SMILES string of the molecule is COCCCN1C(=O)c2ccc(C(=O)Nc3c4c(nn3C)CCNC4)cc2C1=O. The predicted molar refractivity (Wildman–Crippen MR) is 105 cm³/mol. The highest BCUT2D eigenvalue weighted by Crippen LogP contribution is 2.26. The number of anilines is 1. The Labute approximate surface area is 168 Å². The van der Waals surface area contributed by atoms with E-state index in [0.717, 1.165) is 24.2 Å². The number of ether oxygens (including phenoxy) is 1. The fraction of sp³-hybridized carbons (Fsp3) is 0.400. The minimum Gasteiger partial charge on any atom is -0.385 e. The van der Waals surface area contributed by atoms with Crippen molar-refractivity contribution < 1.29 is 19.1 Å². The Balaban J connectivity index is 1.55. The van der Waals surface area contributed by atoms with Gasteiger partial charge in [0, 0.05) is 57.9 Å². The molecule has 3 amide bonds. The average molecular weight is 397 g/mol. The van der Waals surface area contributed by atoms with Crippen LogP contribution in [0.15, 0.2) is 18.2 Å². The van der Waals surface area contributed by atoms with Gasteiger partial charge in [0.1, 0.15) is 5.82 Å². The molecule has 3 heterocycles. The van der Waals surface area contributed by atoms with Crippen LogP contribution < -0.4 is 10.6 Å². The standard InChI is InChI=1S/C20H23N5O4/c1-24-17(15-11-21-7-6-16(15)23-24)22-18(26)12-4-5-13-14(10-12)20(28)25(19(13)27)8-3-9-29-2/h4-5,10,21H,3,6-9,11H2,1-2H3,(H,22,26). The summed E-state index contributed by atoms with van der Waals surface area (Å²) in [6, 6.07) is 4.60. The summed E-state index contributed by atoms with van der Waals surface area (Å²) in [5, 5.41) is 10.6. The number of amides is 3. The number of nitrogens with zero attached hydrogens (tertiary/aromatic N) is 3. The van der Waals surface area contributed by atoms with Crippen molar-refractivity contribution in [3.8, 4) is 0 Å². The molecule has 0 aliphatic carbocycles. The van der Waals surface area contributed by atoms with E-state index in [9.17, 15) is 14.4 Å². The van der Waals surface area contributed by atoms with Gasteiger partial charge in [-0.05, 0) is 24.6 Å². The zero-order valence-electron chi connectivity index (χ0n) is 16.4. The van der Waals surface area contributed by atoms with Gasteiger partial charge in [0.05, 0.1) is 16.8 Å². The van der Waals surface area contributed by atoms with Crippen molar-refractivity contribution in [1.82, 2.24) is 20.0 Å². The summed E-state index contributed by atoms with van der Waals surface area (Å²) in [5.74, 6) is -0.416. The van der Waals surface area contributed by atoms with Crippen LogP contribution in [-0.4, -0.2) is 59.2 Å². The molecule has 2 N–H and O–H groups in total. The molecule has 29 heavy (non-hydrogen) atoms. The van der Waals surface area contributed by atoms with Gasteiger partial charge < -0.3 is 15.4 Å². The topological polar surface area (TPSA) is 106 Å². The van der Waals surface area contributed by atoms with Crippen molar-refractivity contribution >= 4 is 23.5 Å². The van der Waals surface area contributed by atoms with Gasteiger partial charge in [0.2, 0.25) is 0 Å². The van der Waals surface area contributed by atoms with Crippen LogP contribution >= 0.6 is 0 Å². The third-order valence-corrected chi connectivity index (χ3v) is 5.26. The maximum Gasteiger partial charge on any atom is 0.261 e. The van der Waals surface area contributed by atoms with Gasteiger partial charge in [0.25, 0.3) is 17.7 Å². The molecule has 1 aromatic carbocycles. The van der Waals surface area contributed by atoms with Gasteiger partial charge in [-0.2, -0.15) is 5.10 Å². The molecule has 2 aliphatic rings. The Hall–Kier alpha value is -3.04. The first-order valence-corrected chi connectivity index (χ1v) is 9.57. The van der Waals surface area contributed by atoms with E-state index in [-0.39, 0.29) is 29.8 Å². The monoisotopic (exact) mass is 397 g/mol. The highest BCUT2D eigenvalue weighted by molar-refractivity contribution is 6.22. The first-order valence-electron chi connectivity index (χ1n) is 9.57. The number of nitrogens with one attached hydrogen (secondary N) is 2. The average Bonchev–Trinajstić information content (AvgIpc) is 3.16. The lowest BCUT2D eigenvalue weighted by atomic mass is 10.0. The van der Waals surface area contributed by atoms with Crippen molar-refractivity contribution in [2.45, 2.75) is 19.4 Å². The summed E-state index contributed by atoms with van der Waals surface area (Å²) in [6.07, 6.45) is 1.38. The number of carbonyl (C=O) groups is 3. The first kappa shape index (κ1) is 19.3. The maximum absolute atomic E-state index is 12.8. The number of fused-ring (bicyclic) bond motifs is 2. The minimum atomic E-state index is -0.377. The normalized spacial score (nSPS) is 15.4. The van der Waals surface area contributed by atoms with Gasteiger partial charge in [0.15, 0.2) is 0 Å². The molecule has 1 aromatic heterocycles. The van der Waals surface area contributed by atoms with Crippen LogP contribution in [0.2, 0.25) is 0 Å². The second-order valence-electron chi connectivity index (χ2n) is 7.15. The van der Waals surface area contributed by atoms with Gasteiger partial charge in [-0.3, -0.25) is 24.0 Å². The Kier molecular flexibility index (Phi) is 5.16. The van der Waals surface area contributed by atoms with Gasteiger partial charge in [-0.1, -0.05) is 0 Å². The van der Waals surface area contributed by atoms with E-state index in [2.05, 4.69) is 15.7 Å². The van der Waals surface area contributed by atoms with Crippen molar-refractivity contribution in [3.63, 3.8) is 0 Å². The molecule has 0 fully saturated rings. The Bertz CT molecular complexity index is 997. The second kappa shape index (κ2) is 7.76. The van der Waals surface area contributed by atoms with E-state index in [4.69, 9.17) is 4.74 Å². The number of aryl methyl sites for hydroxylation is 1. The number of imide groups is 1. The summed E-state index contributed by atoms with van der Waals surface area (Å²) in [5.41, 5.74) is 2.86. The van der Waals surface area contributed by atoms with Crippen LogP contribution in [-0.2, 0) is 24.8 Å². The molecule has 0 bridgehead atoms. The number of benzene rings is 1. The summed E-state index contributed by atoms with van der Waals surface area (Å²) in [4.78, 5) is 39.2. The Morgan fingerprint density at radius 3 is 2.86 bits per heavy atom. The molecule has 152 valence electrons. The maximum atomic E-state index is 12.8. The fourth-order valence-corrected chi connectivity index (χ4v) is 3.77. The van der Waals surface area contributed by atoms with E-state index in [1.54, 1.807) is 31.0 Å². The quantitative estimate of drug-likeness (QED) is 0.555. The molecule has 4 rings (SSSR count). The van der Waals surface area contributed by atoms with E-state index in [0.29, 0.717) is 36.5 Å². The van der Waals surface area contributed by atoms with Crippen LogP contribution in [0.5, 0.6) is 0 Å². The Morgan fingerprint density at radius 2 is 2.07 bits per heavy atom. The van der Waals surface area contributed by atoms with E-state index < -0.39 is 0 Å². The molecule has 0 saturated heterocycles. The predicted octanol–water partition coefficient (Wildman–Crippen LogP) is 0.951. The summed E-state index contributed by atoms with van der Waals surface area (Å²) in [6.45, 7) is 2.26. The molecule has 2 aromatic rings. The van der Waals surface area contributed by atoms with E-state index in [1.807, 2.05) is 0 Å². The lowest BCUT2D eigenvalue weighted by Crippen LogP contribution is -2.31. The van der Waals surface area contributed by atoms with Gasteiger partial charge >= 0.3 is 0 Å². The number of rotatable bonds is 6. The number of methoxy groups -OCH3 is 1. The molecule has 9 heteroatoms. The van der Waals surface area contributed by atoms with Crippen molar-refractivity contribution in [2.24, 2.45) is 7.05 Å². The molecule has 0 spiro atoms. The molecule has 0 unspecified atom stereocenters. The zero-order chi connectivity index (χ0) is 20.5. The number of hydrogen-bond donors (Lipinski definition) is 2. The van der Waals surface area contributed by atoms with Crippen LogP contribution in [0, 0.1) is 0 Å². The van der Waals surface area contributed by atoms with Gasteiger partial charge in [-0.25, -0.2) is 0 Å². The Morgan fingerprint density at radius 1 is 1.28 bits per heavy atom. The van der Waals surface area contributed by atoms with E-state index >= 15 is 0 Å². The third-order valence-electron chi connectivity index (χ3n) is 5.26. The number of carbonyl (C=O) groups excluding carboxylic acids is 3. The molecule has 9 nitrogen and oxygen atoms in total. The minimum absolute atomic E-state index is 0.258. The molecular weight excluding hydrogens is 374 g/mol. The van der Waals surface area contributed by atoms with Gasteiger partial charge in [-0.15, -0.1) is 0 Å². The highest BCUT2D eigenvalue weighted by atomic mass is 16.5. The largest absolute Gasteiger partial charge is 0.385 e. The second-order valence-corrected chi connectivity index (χ2v) is 7.15. The summed E-state index contributed by atoms with van der Waals surface area (Å²) < 4.78 is 6.65. The number of aromatic nitrogens is 2. The molecule has 0 saturated carbocycles. The number of hydrogen-bond acceptors (Lipinski definition) is 6. The fourth-order valence-electron chi connectivity index (χ4n) is 3.77. The zero-order valence-corrected chi connectivity index (χ0v) is 16.4. The van der Waals surface area contributed by atoms with Crippen LogP contribution in [0.1, 0.15) is 48.8 Å². The van der Waals surface area contributed by atoms with Crippen LogP contribution in [0.4, 0.5) is 5.82 Å². The smallest absolute Gasteiger partial charge is 0.261 e.